The molecule has 0 unspecified atom stereocenters. The second kappa shape index (κ2) is 7.07. The van der Waals surface area contributed by atoms with Gasteiger partial charge >= 0.3 is 0 Å². The Morgan fingerprint density at radius 3 is 2.54 bits per heavy atom. The Morgan fingerprint density at radius 1 is 1.08 bits per heavy atom. The van der Waals surface area contributed by atoms with Gasteiger partial charge in [-0.1, -0.05) is 18.2 Å². The van der Waals surface area contributed by atoms with Crippen molar-refractivity contribution >= 4 is 0 Å². The molecule has 0 aliphatic rings. The molecule has 24 heavy (non-hydrogen) atoms. The van der Waals surface area contributed by atoms with Crippen LogP contribution >= 0.6 is 0 Å². The lowest BCUT2D eigenvalue weighted by molar-refractivity contribution is 0.319. The van der Waals surface area contributed by atoms with Crippen LogP contribution < -0.4 is 0 Å². The SMILES string of the molecule is CN(Cc1ccccc1C#N)Cc1cn[nH]c1-c1ccc(F)cc1. The molecule has 0 saturated carbocycles. The van der Waals surface area contributed by atoms with E-state index in [1.807, 2.05) is 31.3 Å². The number of aromatic nitrogens is 2. The van der Waals surface area contributed by atoms with Crippen molar-refractivity contribution in [1.29, 1.82) is 5.26 Å². The number of nitriles is 1. The van der Waals surface area contributed by atoms with E-state index in [0.29, 0.717) is 18.7 Å². The summed E-state index contributed by atoms with van der Waals surface area (Å²) in [5.74, 6) is -0.259. The number of hydrogen-bond acceptors (Lipinski definition) is 3. The molecule has 3 rings (SSSR count). The van der Waals surface area contributed by atoms with Crippen molar-refractivity contribution in [2.45, 2.75) is 13.1 Å². The van der Waals surface area contributed by atoms with Gasteiger partial charge in [0.2, 0.25) is 0 Å². The zero-order valence-electron chi connectivity index (χ0n) is 13.3. The van der Waals surface area contributed by atoms with Gasteiger partial charge in [-0.15, -0.1) is 0 Å². The maximum Gasteiger partial charge on any atom is 0.123 e. The van der Waals surface area contributed by atoms with Crippen molar-refractivity contribution in [3.63, 3.8) is 0 Å². The Hall–Kier alpha value is -2.97. The first kappa shape index (κ1) is 15.9. The Balaban J connectivity index is 1.76. The molecule has 1 heterocycles. The standard InChI is InChI=1S/C19H17FN4/c1-24(12-16-5-3-2-4-15(16)10-21)13-17-11-22-23-19(17)14-6-8-18(20)9-7-14/h2-9,11H,12-13H2,1H3,(H,22,23). The molecular weight excluding hydrogens is 303 g/mol. The first-order chi connectivity index (χ1) is 11.7. The minimum absolute atomic E-state index is 0.259. The highest BCUT2D eigenvalue weighted by atomic mass is 19.1. The highest BCUT2D eigenvalue weighted by molar-refractivity contribution is 5.62. The van der Waals surface area contributed by atoms with Gasteiger partial charge in [0.1, 0.15) is 5.82 Å². The quantitative estimate of drug-likeness (QED) is 0.779. The molecule has 0 amide bonds. The van der Waals surface area contributed by atoms with Gasteiger partial charge in [0.15, 0.2) is 0 Å². The summed E-state index contributed by atoms with van der Waals surface area (Å²) >= 11 is 0. The molecule has 2 aromatic carbocycles. The summed E-state index contributed by atoms with van der Waals surface area (Å²) < 4.78 is 13.1. The van der Waals surface area contributed by atoms with Gasteiger partial charge in [-0.2, -0.15) is 10.4 Å². The monoisotopic (exact) mass is 320 g/mol. The van der Waals surface area contributed by atoms with Crippen LogP contribution in [0, 0.1) is 17.1 Å². The summed E-state index contributed by atoms with van der Waals surface area (Å²) in [5, 5.41) is 16.3. The van der Waals surface area contributed by atoms with Crippen LogP contribution in [0.4, 0.5) is 4.39 Å². The molecule has 0 aliphatic carbocycles. The largest absolute Gasteiger partial charge is 0.298 e. The molecule has 120 valence electrons. The minimum Gasteiger partial charge on any atom is -0.298 e. The molecule has 0 radical (unpaired) electrons. The summed E-state index contributed by atoms with van der Waals surface area (Å²) in [6.07, 6.45) is 1.78. The van der Waals surface area contributed by atoms with Gasteiger partial charge < -0.3 is 0 Å². The average Bonchev–Trinajstić information content (AvgIpc) is 3.04. The van der Waals surface area contributed by atoms with Crippen molar-refractivity contribution in [3.05, 3.63) is 77.2 Å². The first-order valence-electron chi connectivity index (χ1n) is 7.62. The minimum atomic E-state index is -0.259. The van der Waals surface area contributed by atoms with Crippen LogP contribution in [0.5, 0.6) is 0 Å². The fraction of sp³-hybridized carbons (Fsp3) is 0.158. The molecule has 0 bridgehead atoms. The van der Waals surface area contributed by atoms with Crippen LogP contribution in [-0.2, 0) is 13.1 Å². The van der Waals surface area contributed by atoms with Gasteiger partial charge in [-0.25, -0.2) is 4.39 Å². The third kappa shape index (κ3) is 3.50. The molecule has 0 spiro atoms. The summed E-state index contributed by atoms with van der Waals surface area (Å²) in [4.78, 5) is 2.12. The number of halogens is 1. The second-order valence-corrected chi connectivity index (χ2v) is 5.72. The number of aromatic amines is 1. The van der Waals surface area contributed by atoms with Gasteiger partial charge in [0.05, 0.1) is 23.5 Å². The zero-order valence-corrected chi connectivity index (χ0v) is 13.3. The number of nitrogens with zero attached hydrogens (tertiary/aromatic N) is 3. The zero-order chi connectivity index (χ0) is 16.9. The van der Waals surface area contributed by atoms with Gasteiger partial charge in [-0.3, -0.25) is 10.00 Å². The van der Waals surface area contributed by atoms with Crippen LogP contribution in [0.25, 0.3) is 11.3 Å². The molecule has 3 aromatic rings. The number of hydrogen-bond donors (Lipinski definition) is 1. The number of benzene rings is 2. The first-order valence-corrected chi connectivity index (χ1v) is 7.62. The van der Waals surface area contributed by atoms with Crippen LogP contribution in [0.1, 0.15) is 16.7 Å². The Morgan fingerprint density at radius 2 is 1.79 bits per heavy atom. The van der Waals surface area contributed by atoms with Crippen molar-refractivity contribution in [3.8, 4) is 17.3 Å². The highest BCUT2D eigenvalue weighted by Crippen LogP contribution is 2.23. The average molecular weight is 320 g/mol. The number of H-pyrrole nitrogens is 1. The molecule has 5 heteroatoms. The van der Waals surface area contributed by atoms with E-state index < -0.39 is 0 Å². The molecular formula is C19H17FN4. The lowest BCUT2D eigenvalue weighted by Crippen LogP contribution is -2.18. The normalized spacial score (nSPS) is 10.8. The maximum absolute atomic E-state index is 13.1. The van der Waals surface area contributed by atoms with Gasteiger partial charge in [-0.05, 0) is 42.9 Å². The van der Waals surface area contributed by atoms with E-state index in [9.17, 15) is 9.65 Å². The van der Waals surface area contributed by atoms with Crippen molar-refractivity contribution in [2.24, 2.45) is 0 Å². The lowest BCUT2D eigenvalue weighted by atomic mass is 10.1. The van der Waals surface area contributed by atoms with E-state index in [1.54, 1.807) is 18.3 Å². The van der Waals surface area contributed by atoms with Gasteiger partial charge in [0, 0.05) is 24.2 Å². The summed E-state index contributed by atoms with van der Waals surface area (Å²) in [7, 11) is 2.00. The van der Waals surface area contributed by atoms with Crippen LogP contribution in [0.15, 0.2) is 54.7 Å². The van der Waals surface area contributed by atoms with E-state index in [-0.39, 0.29) is 5.82 Å². The molecule has 0 saturated heterocycles. The summed E-state index contributed by atoms with van der Waals surface area (Å²) in [6.45, 7) is 1.33. The maximum atomic E-state index is 13.1. The Kier molecular flexibility index (Phi) is 4.69. The third-order valence-corrected chi connectivity index (χ3v) is 3.87. The van der Waals surface area contributed by atoms with E-state index in [4.69, 9.17) is 0 Å². The van der Waals surface area contributed by atoms with Crippen LogP contribution in [0.2, 0.25) is 0 Å². The lowest BCUT2D eigenvalue weighted by Gasteiger charge is -2.17. The predicted octanol–water partition coefficient (Wildman–Crippen LogP) is 3.72. The van der Waals surface area contributed by atoms with Crippen molar-refractivity contribution in [2.75, 3.05) is 7.05 Å². The Labute approximate surface area is 140 Å². The van der Waals surface area contributed by atoms with Crippen molar-refractivity contribution < 1.29 is 4.39 Å². The Bertz CT molecular complexity index is 862. The number of rotatable bonds is 5. The van der Waals surface area contributed by atoms with Crippen LogP contribution in [-0.4, -0.2) is 22.1 Å². The van der Waals surface area contributed by atoms with E-state index in [2.05, 4.69) is 21.2 Å². The molecule has 1 aromatic heterocycles. The van der Waals surface area contributed by atoms with E-state index in [1.165, 1.54) is 12.1 Å². The van der Waals surface area contributed by atoms with Crippen molar-refractivity contribution in [1.82, 2.24) is 15.1 Å². The molecule has 4 nitrogen and oxygen atoms in total. The summed E-state index contributed by atoms with van der Waals surface area (Å²) in [5.41, 5.74) is 4.49. The molecule has 0 fully saturated rings. The molecule has 1 N–H and O–H groups in total. The third-order valence-electron chi connectivity index (χ3n) is 3.87. The highest BCUT2D eigenvalue weighted by Gasteiger charge is 2.11. The molecule has 0 atom stereocenters. The topological polar surface area (TPSA) is 55.7 Å². The number of nitrogens with one attached hydrogen (secondary N) is 1. The predicted molar refractivity (Wildman–Crippen MR) is 90.3 cm³/mol. The van der Waals surface area contributed by atoms with E-state index in [0.717, 1.165) is 22.4 Å². The fourth-order valence-corrected chi connectivity index (χ4v) is 2.70. The van der Waals surface area contributed by atoms with Crippen LogP contribution in [0.3, 0.4) is 0 Å². The smallest absolute Gasteiger partial charge is 0.123 e. The van der Waals surface area contributed by atoms with E-state index >= 15 is 0 Å². The van der Waals surface area contributed by atoms with Gasteiger partial charge in [0.25, 0.3) is 0 Å². The molecule has 0 aliphatic heterocycles. The fourth-order valence-electron chi connectivity index (χ4n) is 2.70. The summed E-state index contributed by atoms with van der Waals surface area (Å²) in [6, 6.07) is 16.2. The second-order valence-electron chi connectivity index (χ2n) is 5.72.